The maximum absolute atomic E-state index is 12.3. The average Bonchev–Trinajstić information content (AvgIpc) is 2.81. The summed E-state index contributed by atoms with van der Waals surface area (Å²) in [5, 5.41) is 3.64. The summed E-state index contributed by atoms with van der Waals surface area (Å²) in [6, 6.07) is 0.739. The van der Waals surface area contributed by atoms with E-state index in [0.29, 0.717) is 18.2 Å². The van der Waals surface area contributed by atoms with Gasteiger partial charge < -0.3 is 19.7 Å². The van der Waals surface area contributed by atoms with Crippen molar-refractivity contribution in [1.82, 2.24) is 10.2 Å². The second-order valence-electron chi connectivity index (χ2n) is 7.80. The molecule has 1 N–H and O–H groups in total. The van der Waals surface area contributed by atoms with Gasteiger partial charge in [0.1, 0.15) is 5.60 Å². The summed E-state index contributed by atoms with van der Waals surface area (Å²) in [5.41, 5.74) is -0.427. The van der Waals surface area contributed by atoms with Crippen molar-refractivity contribution >= 4 is 6.09 Å². The first kappa shape index (κ1) is 17.5. The quantitative estimate of drug-likeness (QED) is 0.870. The molecule has 0 bridgehead atoms. The summed E-state index contributed by atoms with van der Waals surface area (Å²) < 4.78 is 11.3. The molecule has 128 valence electrons. The number of carbonyl (C=O) groups excluding carboxylic acids is 1. The molecule has 5 nitrogen and oxygen atoms in total. The molecule has 2 aliphatic heterocycles. The highest BCUT2D eigenvalue weighted by Gasteiger charge is 2.33. The van der Waals surface area contributed by atoms with Gasteiger partial charge in [0.05, 0.1) is 12.2 Å². The lowest BCUT2D eigenvalue weighted by atomic mass is 9.99. The fourth-order valence-electron chi connectivity index (χ4n) is 3.48. The molecule has 5 heteroatoms. The van der Waals surface area contributed by atoms with Gasteiger partial charge in [-0.25, -0.2) is 4.79 Å². The number of nitrogens with zero attached hydrogens (tertiary/aromatic N) is 1. The number of rotatable bonds is 3. The monoisotopic (exact) mass is 312 g/mol. The van der Waals surface area contributed by atoms with E-state index in [4.69, 9.17) is 9.47 Å². The standard InChI is InChI=1S/C17H32N2O3/c1-12-9-14(10-13(2)21-12)18-11-15-7-6-8-19(15)16(20)22-17(3,4)5/h12-15,18H,6-11H2,1-5H3. The van der Waals surface area contributed by atoms with Gasteiger partial charge >= 0.3 is 6.09 Å². The maximum Gasteiger partial charge on any atom is 0.410 e. The second kappa shape index (κ2) is 7.18. The van der Waals surface area contributed by atoms with Crippen molar-refractivity contribution in [3.8, 4) is 0 Å². The largest absolute Gasteiger partial charge is 0.444 e. The summed E-state index contributed by atoms with van der Waals surface area (Å²) in [6.07, 6.45) is 4.66. The molecule has 0 spiro atoms. The van der Waals surface area contributed by atoms with E-state index in [1.807, 2.05) is 25.7 Å². The van der Waals surface area contributed by atoms with Crippen LogP contribution in [0.15, 0.2) is 0 Å². The maximum atomic E-state index is 12.3. The molecule has 0 aromatic carbocycles. The third kappa shape index (κ3) is 5.13. The minimum Gasteiger partial charge on any atom is -0.444 e. The lowest BCUT2D eigenvalue weighted by molar-refractivity contribution is -0.0428. The Balaban J connectivity index is 1.82. The molecule has 3 atom stereocenters. The first-order valence-electron chi connectivity index (χ1n) is 8.63. The van der Waals surface area contributed by atoms with Crippen LogP contribution in [0.2, 0.25) is 0 Å². The normalized spacial score (nSPS) is 33.0. The molecule has 0 aliphatic carbocycles. The predicted molar refractivity (Wildman–Crippen MR) is 87.0 cm³/mol. The highest BCUT2D eigenvalue weighted by Crippen LogP contribution is 2.22. The zero-order chi connectivity index (χ0) is 16.3. The van der Waals surface area contributed by atoms with Crippen LogP contribution in [-0.4, -0.2) is 54.0 Å². The van der Waals surface area contributed by atoms with Crippen molar-refractivity contribution in [3.63, 3.8) is 0 Å². The van der Waals surface area contributed by atoms with Crippen molar-refractivity contribution in [2.75, 3.05) is 13.1 Å². The SMILES string of the molecule is CC1CC(NCC2CCCN2C(=O)OC(C)(C)C)CC(C)O1. The van der Waals surface area contributed by atoms with Crippen LogP contribution in [0.5, 0.6) is 0 Å². The summed E-state index contributed by atoms with van der Waals surface area (Å²) in [5.74, 6) is 0. The number of carbonyl (C=O) groups is 1. The third-order valence-corrected chi connectivity index (χ3v) is 4.34. The van der Waals surface area contributed by atoms with Gasteiger partial charge in [-0.15, -0.1) is 0 Å². The highest BCUT2D eigenvalue weighted by molar-refractivity contribution is 5.69. The second-order valence-corrected chi connectivity index (χ2v) is 7.80. The van der Waals surface area contributed by atoms with E-state index in [0.717, 1.165) is 38.8 Å². The molecular weight excluding hydrogens is 280 g/mol. The van der Waals surface area contributed by atoms with E-state index < -0.39 is 5.60 Å². The van der Waals surface area contributed by atoms with E-state index in [-0.39, 0.29) is 12.1 Å². The van der Waals surface area contributed by atoms with Crippen molar-refractivity contribution in [1.29, 1.82) is 0 Å². The number of ether oxygens (including phenoxy) is 2. The molecule has 2 saturated heterocycles. The van der Waals surface area contributed by atoms with Crippen molar-refractivity contribution < 1.29 is 14.3 Å². The van der Waals surface area contributed by atoms with Gasteiger partial charge in [0, 0.05) is 25.2 Å². The molecule has 0 radical (unpaired) electrons. The molecule has 2 aliphatic rings. The summed E-state index contributed by atoms with van der Waals surface area (Å²) in [7, 11) is 0. The number of hydrogen-bond acceptors (Lipinski definition) is 4. The summed E-state index contributed by atoms with van der Waals surface area (Å²) in [6.45, 7) is 11.7. The van der Waals surface area contributed by atoms with Gasteiger partial charge in [0.2, 0.25) is 0 Å². The Labute approximate surface area is 134 Å². The molecule has 0 aromatic heterocycles. The number of nitrogens with one attached hydrogen (secondary N) is 1. The summed E-state index contributed by atoms with van der Waals surface area (Å²) >= 11 is 0. The average molecular weight is 312 g/mol. The Hall–Kier alpha value is -0.810. The number of amides is 1. The van der Waals surface area contributed by atoms with Crippen LogP contribution < -0.4 is 5.32 Å². The lowest BCUT2D eigenvalue weighted by Crippen LogP contribution is -2.48. The van der Waals surface area contributed by atoms with E-state index in [9.17, 15) is 4.79 Å². The minimum atomic E-state index is -0.427. The Kier molecular flexibility index (Phi) is 5.72. The van der Waals surface area contributed by atoms with Crippen LogP contribution in [0.4, 0.5) is 4.79 Å². The molecule has 0 saturated carbocycles. The molecule has 22 heavy (non-hydrogen) atoms. The Morgan fingerprint density at radius 1 is 1.27 bits per heavy atom. The number of likely N-dealkylation sites (tertiary alicyclic amines) is 1. The van der Waals surface area contributed by atoms with E-state index >= 15 is 0 Å². The third-order valence-electron chi connectivity index (χ3n) is 4.34. The lowest BCUT2D eigenvalue weighted by Gasteiger charge is -2.34. The fraction of sp³-hybridized carbons (Fsp3) is 0.941. The Bertz CT molecular complexity index is 371. The van der Waals surface area contributed by atoms with Crippen LogP contribution in [0.25, 0.3) is 0 Å². The van der Waals surface area contributed by atoms with E-state index in [1.165, 1.54) is 0 Å². The smallest absolute Gasteiger partial charge is 0.410 e. The first-order valence-corrected chi connectivity index (χ1v) is 8.63. The molecule has 2 rings (SSSR count). The van der Waals surface area contributed by atoms with Gasteiger partial charge in [-0.05, 0) is 60.3 Å². The van der Waals surface area contributed by atoms with Crippen molar-refractivity contribution in [2.24, 2.45) is 0 Å². The van der Waals surface area contributed by atoms with Crippen molar-refractivity contribution in [3.05, 3.63) is 0 Å². The summed E-state index contributed by atoms with van der Waals surface area (Å²) in [4.78, 5) is 14.2. The van der Waals surface area contributed by atoms with Crippen LogP contribution in [0, 0.1) is 0 Å². The molecular formula is C17H32N2O3. The topological polar surface area (TPSA) is 50.8 Å². The molecule has 0 aromatic rings. The van der Waals surface area contributed by atoms with Gasteiger partial charge in [-0.1, -0.05) is 0 Å². The first-order chi connectivity index (χ1) is 10.2. The van der Waals surface area contributed by atoms with Gasteiger partial charge in [0.15, 0.2) is 0 Å². The Morgan fingerprint density at radius 2 is 1.91 bits per heavy atom. The van der Waals surface area contributed by atoms with Crippen molar-refractivity contribution in [2.45, 2.75) is 90.2 Å². The van der Waals surface area contributed by atoms with Gasteiger partial charge in [-0.3, -0.25) is 0 Å². The number of hydrogen-bond donors (Lipinski definition) is 1. The molecule has 1 amide bonds. The Morgan fingerprint density at radius 3 is 2.50 bits per heavy atom. The zero-order valence-corrected chi connectivity index (χ0v) is 14.7. The predicted octanol–water partition coefficient (Wildman–Crippen LogP) is 2.93. The zero-order valence-electron chi connectivity index (χ0n) is 14.7. The van der Waals surface area contributed by atoms with Crippen LogP contribution in [-0.2, 0) is 9.47 Å². The molecule has 3 unspecified atom stereocenters. The van der Waals surface area contributed by atoms with Crippen LogP contribution >= 0.6 is 0 Å². The van der Waals surface area contributed by atoms with E-state index in [1.54, 1.807) is 0 Å². The van der Waals surface area contributed by atoms with Crippen LogP contribution in [0.1, 0.15) is 60.3 Å². The van der Waals surface area contributed by atoms with E-state index in [2.05, 4.69) is 19.2 Å². The molecule has 2 heterocycles. The highest BCUT2D eigenvalue weighted by atomic mass is 16.6. The molecule has 2 fully saturated rings. The minimum absolute atomic E-state index is 0.175. The van der Waals surface area contributed by atoms with Gasteiger partial charge in [-0.2, -0.15) is 0 Å². The fourth-order valence-corrected chi connectivity index (χ4v) is 3.48. The van der Waals surface area contributed by atoms with Crippen LogP contribution in [0.3, 0.4) is 0 Å². The van der Waals surface area contributed by atoms with Gasteiger partial charge in [0.25, 0.3) is 0 Å².